The number of hydrogen-bond acceptors (Lipinski definition) is 4. The van der Waals surface area contributed by atoms with E-state index in [9.17, 15) is 9.59 Å². The summed E-state index contributed by atoms with van der Waals surface area (Å²) in [6, 6.07) is 0. The smallest absolute Gasteiger partial charge is 0.305 e. The van der Waals surface area contributed by atoms with Crippen LogP contribution in [0.2, 0.25) is 0 Å². The molecule has 4 heteroatoms. The van der Waals surface area contributed by atoms with Crippen LogP contribution in [0.25, 0.3) is 0 Å². The van der Waals surface area contributed by atoms with Crippen molar-refractivity contribution < 1.29 is 19.1 Å². The Morgan fingerprint density at radius 3 is 2.14 bits per heavy atom. The van der Waals surface area contributed by atoms with Crippen LogP contribution in [0.15, 0.2) is 0 Å². The molecule has 1 aliphatic carbocycles. The predicted octanol–water partition coefficient (Wildman–Crippen LogP) is 5.97. The quantitative estimate of drug-likeness (QED) is 0.208. The maximum atomic E-state index is 11.7. The van der Waals surface area contributed by atoms with Crippen molar-refractivity contribution in [2.24, 2.45) is 5.92 Å². The van der Waals surface area contributed by atoms with Crippen LogP contribution < -0.4 is 0 Å². The van der Waals surface area contributed by atoms with Gasteiger partial charge in [-0.15, -0.1) is 11.8 Å². The molecular formula is C24H40O4. The summed E-state index contributed by atoms with van der Waals surface area (Å²) in [6.45, 7) is 3.12. The van der Waals surface area contributed by atoms with Crippen LogP contribution in [0.5, 0.6) is 0 Å². The molecule has 1 fully saturated rings. The maximum Gasteiger partial charge on any atom is 0.305 e. The van der Waals surface area contributed by atoms with E-state index >= 15 is 0 Å². The maximum absolute atomic E-state index is 11.7. The highest BCUT2D eigenvalue weighted by Gasteiger charge is 2.15. The largest absolute Gasteiger partial charge is 0.466 e. The van der Waals surface area contributed by atoms with E-state index in [2.05, 4.69) is 18.8 Å². The third-order valence-electron chi connectivity index (χ3n) is 5.23. The minimum atomic E-state index is -0.199. The molecule has 160 valence electrons. The van der Waals surface area contributed by atoms with Crippen LogP contribution in [-0.4, -0.2) is 25.2 Å². The molecule has 4 nitrogen and oxygen atoms in total. The highest BCUT2D eigenvalue weighted by atomic mass is 16.5. The van der Waals surface area contributed by atoms with Crippen molar-refractivity contribution in [3.05, 3.63) is 0 Å². The Hall–Kier alpha value is -1.50. The molecule has 0 unspecified atom stereocenters. The third-order valence-corrected chi connectivity index (χ3v) is 5.23. The molecule has 1 rings (SSSR count). The van der Waals surface area contributed by atoms with Gasteiger partial charge >= 0.3 is 11.9 Å². The van der Waals surface area contributed by atoms with E-state index in [4.69, 9.17) is 9.47 Å². The Balaban J connectivity index is 1.85. The number of unbranched alkanes of at least 4 members (excludes halogenated alkanes) is 6. The van der Waals surface area contributed by atoms with Gasteiger partial charge in [-0.1, -0.05) is 51.9 Å². The van der Waals surface area contributed by atoms with Crippen molar-refractivity contribution in [2.75, 3.05) is 13.2 Å². The zero-order chi connectivity index (χ0) is 20.3. The lowest BCUT2D eigenvalue weighted by molar-refractivity contribution is -0.146. The number of carbonyl (C=O) groups excluding carboxylic acids is 2. The minimum absolute atomic E-state index is 0.181. The van der Waals surface area contributed by atoms with Gasteiger partial charge < -0.3 is 9.47 Å². The lowest BCUT2D eigenvalue weighted by Gasteiger charge is -2.20. The standard InChI is InChI=1S/C24H40O4/c1-2-3-4-5-6-7-8-9-10-14-20-27-23(25)18-15-19-24(26)28-21-22-16-12-11-13-17-22/h22H,2,5-21H2,1H3. The van der Waals surface area contributed by atoms with E-state index in [0.717, 1.165) is 25.7 Å². The average Bonchev–Trinajstić information content (AvgIpc) is 2.71. The first-order valence-corrected chi connectivity index (χ1v) is 11.5. The second-order valence-corrected chi connectivity index (χ2v) is 7.84. The molecule has 0 N–H and O–H groups in total. The fourth-order valence-electron chi connectivity index (χ4n) is 3.51. The average molecular weight is 393 g/mol. The first kappa shape index (κ1) is 24.5. The number of rotatable bonds is 14. The summed E-state index contributed by atoms with van der Waals surface area (Å²) in [5.74, 6) is 6.42. The summed E-state index contributed by atoms with van der Waals surface area (Å²) in [6.07, 6.45) is 16.1. The fourth-order valence-corrected chi connectivity index (χ4v) is 3.51. The second kappa shape index (κ2) is 17.6. The first-order chi connectivity index (χ1) is 13.7. The molecule has 0 aromatic carbocycles. The second-order valence-electron chi connectivity index (χ2n) is 7.84. The lowest BCUT2D eigenvalue weighted by atomic mass is 9.90. The van der Waals surface area contributed by atoms with Crippen molar-refractivity contribution in [3.63, 3.8) is 0 Å². The molecule has 0 aromatic heterocycles. The van der Waals surface area contributed by atoms with Gasteiger partial charge in [0.05, 0.1) is 13.2 Å². The number of hydrogen-bond donors (Lipinski definition) is 0. The van der Waals surface area contributed by atoms with Gasteiger partial charge in [-0.05, 0) is 38.0 Å². The van der Waals surface area contributed by atoms with Gasteiger partial charge in [0, 0.05) is 25.7 Å². The fraction of sp³-hybridized carbons (Fsp3) is 0.833. The Labute approximate surface area is 172 Å². The predicted molar refractivity (Wildman–Crippen MR) is 113 cm³/mol. The molecule has 0 atom stereocenters. The molecule has 1 saturated carbocycles. The Kier molecular flexibility index (Phi) is 15.4. The summed E-state index contributed by atoms with van der Waals surface area (Å²) in [5.41, 5.74) is 0. The topological polar surface area (TPSA) is 52.6 Å². The molecule has 0 heterocycles. The van der Waals surface area contributed by atoms with Gasteiger partial charge in [0.2, 0.25) is 0 Å². The van der Waals surface area contributed by atoms with Gasteiger partial charge in [-0.3, -0.25) is 9.59 Å². The minimum Gasteiger partial charge on any atom is -0.466 e. The highest BCUT2D eigenvalue weighted by Crippen LogP contribution is 2.23. The Bertz CT molecular complexity index is 469. The Morgan fingerprint density at radius 1 is 0.786 bits per heavy atom. The summed E-state index contributed by atoms with van der Waals surface area (Å²) >= 11 is 0. The molecule has 0 spiro atoms. The molecule has 0 radical (unpaired) electrons. The molecular weight excluding hydrogens is 352 g/mol. The van der Waals surface area contributed by atoms with Gasteiger partial charge in [0.15, 0.2) is 0 Å². The van der Waals surface area contributed by atoms with E-state index in [0.29, 0.717) is 38.4 Å². The number of carbonyl (C=O) groups is 2. The van der Waals surface area contributed by atoms with Gasteiger partial charge in [-0.25, -0.2) is 0 Å². The van der Waals surface area contributed by atoms with Crippen LogP contribution in [-0.2, 0) is 19.1 Å². The summed E-state index contributed by atoms with van der Waals surface area (Å²) < 4.78 is 10.6. The first-order valence-electron chi connectivity index (χ1n) is 11.5. The van der Waals surface area contributed by atoms with E-state index < -0.39 is 0 Å². The molecule has 0 aliphatic heterocycles. The number of ether oxygens (including phenoxy) is 2. The van der Waals surface area contributed by atoms with Crippen LogP contribution in [0, 0.1) is 17.8 Å². The van der Waals surface area contributed by atoms with Crippen LogP contribution >= 0.6 is 0 Å². The normalized spacial score (nSPS) is 14.2. The number of esters is 2. The van der Waals surface area contributed by atoms with Gasteiger partial charge in [0.25, 0.3) is 0 Å². The third kappa shape index (κ3) is 14.5. The molecule has 0 amide bonds. The molecule has 0 bridgehead atoms. The molecule has 1 aliphatic rings. The summed E-state index contributed by atoms with van der Waals surface area (Å²) in [7, 11) is 0. The molecule has 0 saturated heterocycles. The monoisotopic (exact) mass is 392 g/mol. The zero-order valence-electron chi connectivity index (χ0n) is 17.9. The Morgan fingerprint density at radius 2 is 1.43 bits per heavy atom. The van der Waals surface area contributed by atoms with E-state index in [1.807, 2.05) is 0 Å². The van der Waals surface area contributed by atoms with Gasteiger partial charge in [-0.2, -0.15) is 0 Å². The summed E-state index contributed by atoms with van der Waals surface area (Å²) in [4.78, 5) is 23.4. The van der Waals surface area contributed by atoms with Crippen molar-refractivity contribution in [3.8, 4) is 11.8 Å². The van der Waals surface area contributed by atoms with Crippen molar-refractivity contribution >= 4 is 11.9 Å². The highest BCUT2D eigenvalue weighted by molar-refractivity contribution is 5.72. The van der Waals surface area contributed by atoms with Crippen LogP contribution in [0.4, 0.5) is 0 Å². The van der Waals surface area contributed by atoms with Crippen molar-refractivity contribution in [1.82, 2.24) is 0 Å². The van der Waals surface area contributed by atoms with E-state index in [-0.39, 0.29) is 11.9 Å². The van der Waals surface area contributed by atoms with E-state index in [1.54, 1.807) is 0 Å². The van der Waals surface area contributed by atoms with Crippen LogP contribution in [0.1, 0.15) is 110 Å². The van der Waals surface area contributed by atoms with Crippen LogP contribution in [0.3, 0.4) is 0 Å². The van der Waals surface area contributed by atoms with Crippen molar-refractivity contribution in [1.29, 1.82) is 0 Å². The van der Waals surface area contributed by atoms with Crippen molar-refractivity contribution in [2.45, 2.75) is 110 Å². The van der Waals surface area contributed by atoms with Gasteiger partial charge in [0.1, 0.15) is 0 Å². The van der Waals surface area contributed by atoms with E-state index in [1.165, 1.54) is 57.8 Å². The summed E-state index contributed by atoms with van der Waals surface area (Å²) in [5, 5.41) is 0. The zero-order valence-corrected chi connectivity index (χ0v) is 17.9. The molecule has 0 aromatic rings. The lowest BCUT2D eigenvalue weighted by Crippen LogP contribution is -2.17. The molecule has 28 heavy (non-hydrogen) atoms. The SMILES string of the molecule is CCC#CCCCCCCCCOC(=O)CCCC(=O)OCC1CCCCC1.